The average molecular weight is 283 g/mol. The number of methoxy groups -OCH3 is 1. The second kappa shape index (κ2) is 5.99. The third kappa shape index (κ3) is 2.49. The first kappa shape index (κ1) is 15.1. The molecule has 1 heterocycles. The van der Waals surface area contributed by atoms with E-state index in [4.69, 9.17) is 10.5 Å². The first-order valence-electron chi connectivity index (χ1n) is 7.39. The zero-order valence-electron chi connectivity index (χ0n) is 12.4. The first-order valence-corrected chi connectivity index (χ1v) is 7.39. The zero-order valence-corrected chi connectivity index (χ0v) is 12.4. The normalized spacial score (nSPS) is 36.2. The number of hydrogen-bond acceptors (Lipinski definition) is 6. The summed E-state index contributed by atoms with van der Waals surface area (Å²) in [5.74, 6) is -0.123. The van der Waals surface area contributed by atoms with E-state index >= 15 is 0 Å². The molecule has 0 unspecified atom stereocenters. The monoisotopic (exact) mass is 283 g/mol. The molecule has 0 spiro atoms. The number of carbonyl (C=O) groups excluding carboxylic acids is 1. The van der Waals surface area contributed by atoms with Crippen molar-refractivity contribution in [2.75, 3.05) is 7.11 Å². The van der Waals surface area contributed by atoms with E-state index in [9.17, 15) is 9.90 Å². The minimum atomic E-state index is -0.720. The summed E-state index contributed by atoms with van der Waals surface area (Å²) in [5, 5.41) is 13.6. The topological polar surface area (TPSA) is 96.9 Å². The molecule has 6 heteroatoms. The summed E-state index contributed by atoms with van der Waals surface area (Å²) in [6.45, 7) is 4.24. The molecule has 20 heavy (non-hydrogen) atoms. The molecule has 1 fully saturated rings. The van der Waals surface area contributed by atoms with E-state index in [-0.39, 0.29) is 24.0 Å². The van der Waals surface area contributed by atoms with E-state index in [1.54, 1.807) is 0 Å². The van der Waals surface area contributed by atoms with E-state index in [2.05, 4.69) is 24.2 Å². The number of guanidine groups is 1. The van der Waals surface area contributed by atoms with Crippen molar-refractivity contribution in [2.24, 2.45) is 28.5 Å². The van der Waals surface area contributed by atoms with Crippen LogP contribution in [-0.4, -0.2) is 42.3 Å². The molecule has 0 amide bonds. The number of aliphatic imine (C=N–C) groups is 1. The fourth-order valence-corrected chi connectivity index (χ4v) is 3.72. The maximum atomic E-state index is 11.8. The Morgan fingerprint density at radius 1 is 1.55 bits per heavy atom. The Bertz CT molecular complexity index is 395. The number of nitrogens with one attached hydrogen (secondary N) is 1. The second-order valence-corrected chi connectivity index (χ2v) is 5.77. The molecule has 0 bridgehead atoms. The molecule has 2 aliphatic rings. The van der Waals surface area contributed by atoms with Gasteiger partial charge in [0.2, 0.25) is 0 Å². The predicted molar refractivity (Wildman–Crippen MR) is 76.0 cm³/mol. The van der Waals surface area contributed by atoms with E-state index in [1.165, 1.54) is 7.11 Å². The van der Waals surface area contributed by atoms with Crippen molar-refractivity contribution in [3.8, 4) is 0 Å². The highest BCUT2D eigenvalue weighted by molar-refractivity contribution is 5.80. The smallest absolute Gasteiger partial charge is 0.311 e. The van der Waals surface area contributed by atoms with Crippen molar-refractivity contribution in [3.05, 3.63) is 0 Å². The van der Waals surface area contributed by atoms with Gasteiger partial charge in [0.25, 0.3) is 0 Å². The van der Waals surface area contributed by atoms with Gasteiger partial charge in [-0.05, 0) is 12.3 Å². The number of aliphatic hydroxyl groups is 1. The minimum Gasteiger partial charge on any atom is -0.469 e. The maximum Gasteiger partial charge on any atom is 0.311 e. The lowest BCUT2D eigenvalue weighted by molar-refractivity contribution is -0.149. The van der Waals surface area contributed by atoms with Gasteiger partial charge in [-0.1, -0.05) is 26.7 Å². The Hall–Kier alpha value is -1.30. The highest BCUT2D eigenvalue weighted by atomic mass is 16.5. The lowest BCUT2D eigenvalue weighted by Gasteiger charge is -2.37. The highest BCUT2D eigenvalue weighted by Crippen LogP contribution is 2.40. The number of aliphatic hydroxyl groups excluding tert-OH is 1. The summed E-state index contributed by atoms with van der Waals surface area (Å²) in [7, 11) is 1.35. The van der Waals surface area contributed by atoms with Crippen LogP contribution in [0.1, 0.15) is 33.1 Å². The molecule has 1 saturated carbocycles. The molecular weight excluding hydrogens is 258 g/mol. The number of fused-ring (bicyclic) bond motifs is 1. The lowest BCUT2D eigenvalue weighted by atomic mass is 9.80. The molecule has 0 aromatic carbocycles. The van der Waals surface area contributed by atoms with Crippen molar-refractivity contribution < 1.29 is 14.6 Å². The number of nitrogens with zero attached hydrogens (tertiary/aromatic N) is 1. The minimum absolute atomic E-state index is 0.00259. The molecule has 114 valence electrons. The van der Waals surface area contributed by atoms with Gasteiger partial charge >= 0.3 is 5.97 Å². The molecule has 4 N–H and O–H groups in total. The standard InChI is InChI=1S/C14H25N3O3/c1-4-7(5-2)11-10-9(16-14(15)17-11)6-8(12(10)18)13(19)20-3/h7-12,18H,4-6H2,1-3H3,(H3,15,16,17)/t8-,9+,10+,11-,12+/m0/s1. The van der Waals surface area contributed by atoms with E-state index in [1.807, 2.05) is 0 Å². The van der Waals surface area contributed by atoms with Crippen molar-refractivity contribution in [2.45, 2.75) is 51.3 Å². The quantitative estimate of drug-likeness (QED) is 0.643. The summed E-state index contributed by atoms with van der Waals surface area (Å²) in [6, 6.07) is -0.0295. The van der Waals surface area contributed by atoms with E-state index < -0.39 is 12.0 Å². The van der Waals surface area contributed by atoms with Crippen LogP contribution in [0.5, 0.6) is 0 Å². The third-order valence-corrected chi connectivity index (χ3v) is 4.83. The average Bonchev–Trinajstić information content (AvgIpc) is 2.76. The fraction of sp³-hybridized carbons (Fsp3) is 0.857. The van der Waals surface area contributed by atoms with Crippen molar-refractivity contribution in [1.29, 1.82) is 0 Å². The molecule has 0 aromatic heterocycles. The molecule has 2 rings (SSSR count). The van der Waals surface area contributed by atoms with Gasteiger partial charge in [-0.25, -0.2) is 4.99 Å². The molecule has 1 aliphatic heterocycles. The van der Waals surface area contributed by atoms with Crippen LogP contribution in [0.15, 0.2) is 4.99 Å². The highest BCUT2D eigenvalue weighted by Gasteiger charge is 2.52. The second-order valence-electron chi connectivity index (χ2n) is 5.77. The molecule has 0 aromatic rings. The molecular formula is C14H25N3O3. The van der Waals surface area contributed by atoms with Crippen LogP contribution in [0.4, 0.5) is 0 Å². The van der Waals surface area contributed by atoms with Gasteiger partial charge in [-0.15, -0.1) is 0 Å². The molecule has 0 saturated heterocycles. The largest absolute Gasteiger partial charge is 0.469 e. The third-order valence-electron chi connectivity index (χ3n) is 4.83. The van der Waals surface area contributed by atoms with Crippen LogP contribution >= 0.6 is 0 Å². The van der Waals surface area contributed by atoms with Gasteiger partial charge in [0, 0.05) is 12.0 Å². The van der Waals surface area contributed by atoms with Crippen LogP contribution < -0.4 is 11.1 Å². The molecule has 5 atom stereocenters. The van der Waals surface area contributed by atoms with Crippen LogP contribution in [0.25, 0.3) is 0 Å². The van der Waals surface area contributed by atoms with Crippen molar-refractivity contribution >= 4 is 11.9 Å². The Morgan fingerprint density at radius 2 is 2.20 bits per heavy atom. The van der Waals surface area contributed by atoms with Crippen LogP contribution in [0.2, 0.25) is 0 Å². The SMILES string of the molecule is CCC(CC)[C@@H]1N=C(N)N[C@@H]2C[C@H](C(=O)OC)[C@@H](O)[C@H]21. The van der Waals surface area contributed by atoms with Crippen molar-refractivity contribution in [3.63, 3.8) is 0 Å². The number of carbonyl (C=O) groups is 1. The van der Waals surface area contributed by atoms with Gasteiger partial charge in [-0.2, -0.15) is 0 Å². The number of hydrogen-bond donors (Lipinski definition) is 3. The van der Waals surface area contributed by atoms with Crippen LogP contribution in [0.3, 0.4) is 0 Å². The summed E-state index contributed by atoms with van der Waals surface area (Å²) in [4.78, 5) is 16.3. The Morgan fingerprint density at radius 3 is 2.75 bits per heavy atom. The summed E-state index contributed by atoms with van der Waals surface area (Å²) >= 11 is 0. The van der Waals surface area contributed by atoms with Crippen LogP contribution in [0, 0.1) is 17.8 Å². The molecule has 1 aliphatic carbocycles. The van der Waals surface area contributed by atoms with Gasteiger partial charge in [0.1, 0.15) is 0 Å². The number of esters is 1. The van der Waals surface area contributed by atoms with Gasteiger partial charge in [-0.3, -0.25) is 4.79 Å². The molecule has 6 nitrogen and oxygen atoms in total. The van der Waals surface area contributed by atoms with Gasteiger partial charge < -0.3 is 20.9 Å². The summed E-state index contributed by atoms with van der Waals surface area (Å²) in [6.07, 6.45) is 1.79. The van der Waals surface area contributed by atoms with Gasteiger partial charge in [0.05, 0.1) is 25.2 Å². The fourth-order valence-electron chi connectivity index (χ4n) is 3.72. The maximum absolute atomic E-state index is 11.8. The lowest BCUT2D eigenvalue weighted by Crippen LogP contribution is -2.54. The number of rotatable bonds is 4. The van der Waals surface area contributed by atoms with Gasteiger partial charge in [0.15, 0.2) is 5.96 Å². The summed E-state index contributed by atoms with van der Waals surface area (Å²) < 4.78 is 4.79. The zero-order chi connectivity index (χ0) is 14.9. The van der Waals surface area contributed by atoms with Crippen LogP contribution in [-0.2, 0) is 9.53 Å². The summed E-state index contributed by atoms with van der Waals surface area (Å²) in [5.41, 5.74) is 5.87. The van der Waals surface area contributed by atoms with E-state index in [0.29, 0.717) is 18.3 Å². The Balaban J connectivity index is 2.26. The van der Waals surface area contributed by atoms with E-state index in [0.717, 1.165) is 12.8 Å². The van der Waals surface area contributed by atoms with Crippen molar-refractivity contribution in [1.82, 2.24) is 5.32 Å². The molecule has 0 radical (unpaired) electrons. The Labute approximate surface area is 119 Å². The number of ether oxygens (including phenoxy) is 1. The Kier molecular flexibility index (Phi) is 4.52. The predicted octanol–water partition coefficient (Wildman–Crippen LogP) is 0.248. The first-order chi connectivity index (χ1) is 9.53. The number of nitrogens with two attached hydrogens (primary N) is 1.